The van der Waals surface area contributed by atoms with E-state index in [1.165, 1.54) is 48.8 Å². The van der Waals surface area contributed by atoms with Crippen molar-refractivity contribution in [1.82, 2.24) is 0 Å². The first-order valence-electron chi connectivity index (χ1n) is 7.58. The lowest BCUT2D eigenvalue weighted by atomic mass is 10.0. The summed E-state index contributed by atoms with van der Waals surface area (Å²) in [5.74, 6) is 1.88. The van der Waals surface area contributed by atoms with Crippen LogP contribution < -0.4 is 5.73 Å². The van der Waals surface area contributed by atoms with Crippen LogP contribution in [-0.4, -0.2) is 11.8 Å². The van der Waals surface area contributed by atoms with E-state index in [2.05, 4.69) is 43.8 Å². The lowest BCUT2D eigenvalue weighted by Gasteiger charge is -2.23. The number of aryl methyl sites for hydroxylation is 2. The Morgan fingerprint density at radius 1 is 1.05 bits per heavy atom. The van der Waals surface area contributed by atoms with Crippen molar-refractivity contribution in [3.05, 3.63) is 34.9 Å². The van der Waals surface area contributed by atoms with E-state index in [4.69, 9.17) is 5.73 Å². The molecule has 2 atom stereocenters. The highest BCUT2D eigenvalue weighted by Crippen LogP contribution is 2.33. The fraction of sp³-hybridized carbons (Fsp3) is 0.647. The maximum Gasteiger partial charge on any atom is 0.0187 e. The highest BCUT2D eigenvalue weighted by atomic mass is 32.2. The standard InChI is InChI=1S/C17H27NS/c1-13-8-14(2)10-15(9-13)12-19-17-7-5-3-4-6-16(17)11-18/h8-10,16-17H,3-7,11-12,18H2,1-2H3. The Morgan fingerprint density at radius 2 is 1.74 bits per heavy atom. The van der Waals surface area contributed by atoms with Crippen LogP contribution in [0.3, 0.4) is 0 Å². The molecular formula is C17H27NS. The van der Waals surface area contributed by atoms with Gasteiger partial charge in [-0.3, -0.25) is 0 Å². The predicted octanol–water partition coefficient (Wildman–Crippen LogP) is 4.44. The van der Waals surface area contributed by atoms with Gasteiger partial charge in [-0.2, -0.15) is 11.8 Å². The molecule has 0 aliphatic heterocycles. The van der Waals surface area contributed by atoms with E-state index >= 15 is 0 Å². The molecule has 0 aromatic heterocycles. The summed E-state index contributed by atoms with van der Waals surface area (Å²) in [6.07, 6.45) is 6.86. The molecule has 2 unspecified atom stereocenters. The number of benzene rings is 1. The zero-order chi connectivity index (χ0) is 13.7. The van der Waals surface area contributed by atoms with Crippen LogP contribution in [0.25, 0.3) is 0 Å². The highest BCUT2D eigenvalue weighted by Gasteiger charge is 2.22. The van der Waals surface area contributed by atoms with Crippen LogP contribution in [0.15, 0.2) is 18.2 Å². The predicted molar refractivity (Wildman–Crippen MR) is 86.6 cm³/mol. The molecule has 1 aliphatic carbocycles. The average Bonchev–Trinajstić information content (AvgIpc) is 2.59. The second kappa shape index (κ2) is 7.35. The van der Waals surface area contributed by atoms with Gasteiger partial charge in [0.2, 0.25) is 0 Å². The molecule has 1 fully saturated rings. The van der Waals surface area contributed by atoms with Crippen molar-refractivity contribution >= 4 is 11.8 Å². The number of thioether (sulfide) groups is 1. The first-order valence-corrected chi connectivity index (χ1v) is 8.63. The molecule has 2 rings (SSSR count). The molecule has 19 heavy (non-hydrogen) atoms. The second-order valence-corrected chi connectivity index (χ2v) is 7.21. The van der Waals surface area contributed by atoms with Gasteiger partial charge in [-0.15, -0.1) is 0 Å². The molecule has 106 valence electrons. The van der Waals surface area contributed by atoms with Gasteiger partial charge in [0.1, 0.15) is 0 Å². The molecule has 1 saturated carbocycles. The van der Waals surface area contributed by atoms with Crippen molar-refractivity contribution in [2.45, 2.75) is 57.0 Å². The third-order valence-electron chi connectivity index (χ3n) is 4.14. The van der Waals surface area contributed by atoms with Crippen LogP contribution in [0.2, 0.25) is 0 Å². The van der Waals surface area contributed by atoms with Gasteiger partial charge in [0.25, 0.3) is 0 Å². The van der Waals surface area contributed by atoms with Crippen LogP contribution in [-0.2, 0) is 5.75 Å². The summed E-state index contributed by atoms with van der Waals surface area (Å²) >= 11 is 2.13. The quantitative estimate of drug-likeness (QED) is 0.823. The monoisotopic (exact) mass is 277 g/mol. The molecule has 0 saturated heterocycles. The van der Waals surface area contributed by atoms with Crippen LogP contribution in [0.1, 0.15) is 48.8 Å². The molecule has 2 N–H and O–H groups in total. The van der Waals surface area contributed by atoms with Gasteiger partial charge in [-0.1, -0.05) is 48.6 Å². The average molecular weight is 277 g/mol. The first kappa shape index (κ1) is 14.9. The Balaban J connectivity index is 1.95. The van der Waals surface area contributed by atoms with Crippen molar-refractivity contribution in [3.8, 4) is 0 Å². The van der Waals surface area contributed by atoms with Gasteiger partial charge in [0, 0.05) is 11.0 Å². The third-order valence-corrected chi connectivity index (χ3v) is 5.69. The van der Waals surface area contributed by atoms with Gasteiger partial charge in [-0.25, -0.2) is 0 Å². The lowest BCUT2D eigenvalue weighted by Crippen LogP contribution is -2.24. The van der Waals surface area contributed by atoms with E-state index in [0.29, 0.717) is 0 Å². The van der Waals surface area contributed by atoms with Gasteiger partial charge in [-0.05, 0) is 44.7 Å². The van der Waals surface area contributed by atoms with Crippen LogP contribution >= 0.6 is 11.8 Å². The highest BCUT2D eigenvalue weighted by molar-refractivity contribution is 7.99. The molecule has 0 spiro atoms. The van der Waals surface area contributed by atoms with E-state index in [1.807, 2.05) is 0 Å². The van der Waals surface area contributed by atoms with Crippen LogP contribution in [0.5, 0.6) is 0 Å². The summed E-state index contributed by atoms with van der Waals surface area (Å²) in [7, 11) is 0. The Morgan fingerprint density at radius 3 is 2.42 bits per heavy atom. The van der Waals surface area contributed by atoms with Crippen LogP contribution in [0, 0.1) is 19.8 Å². The minimum absolute atomic E-state index is 0.735. The smallest absolute Gasteiger partial charge is 0.0187 e. The van der Waals surface area contributed by atoms with E-state index in [1.54, 1.807) is 0 Å². The van der Waals surface area contributed by atoms with Gasteiger partial charge < -0.3 is 5.73 Å². The Bertz CT molecular complexity index is 382. The second-order valence-electron chi connectivity index (χ2n) is 5.98. The lowest BCUT2D eigenvalue weighted by molar-refractivity contribution is 0.483. The van der Waals surface area contributed by atoms with Crippen LogP contribution in [0.4, 0.5) is 0 Å². The van der Waals surface area contributed by atoms with Gasteiger partial charge in [0.15, 0.2) is 0 Å². The number of hydrogen-bond donors (Lipinski definition) is 1. The number of nitrogens with two attached hydrogens (primary N) is 1. The SMILES string of the molecule is Cc1cc(C)cc(CSC2CCCCCC2CN)c1. The molecule has 0 heterocycles. The molecule has 0 radical (unpaired) electrons. The Labute approximate surface area is 122 Å². The maximum absolute atomic E-state index is 5.97. The summed E-state index contributed by atoms with van der Waals surface area (Å²) < 4.78 is 0. The maximum atomic E-state index is 5.97. The zero-order valence-corrected chi connectivity index (χ0v) is 13.1. The normalized spacial score (nSPS) is 24.2. The molecule has 2 heteroatoms. The minimum atomic E-state index is 0.735. The number of hydrogen-bond acceptors (Lipinski definition) is 2. The summed E-state index contributed by atoms with van der Waals surface area (Å²) in [4.78, 5) is 0. The number of rotatable bonds is 4. The summed E-state index contributed by atoms with van der Waals surface area (Å²) in [5, 5.41) is 0.772. The molecule has 1 nitrogen and oxygen atoms in total. The topological polar surface area (TPSA) is 26.0 Å². The van der Waals surface area contributed by atoms with Crippen molar-refractivity contribution in [2.24, 2.45) is 11.7 Å². The van der Waals surface area contributed by atoms with E-state index in [-0.39, 0.29) is 0 Å². The fourth-order valence-corrected chi connectivity index (χ4v) is 4.62. The summed E-state index contributed by atoms with van der Waals surface area (Å²) in [5.41, 5.74) is 10.2. The van der Waals surface area contributed by atoms with Gasteiger partial charge in [0.05, 0.1) is 0 Å². The van der Waals surface area contributed by atoms with E-state index in [0.717, 1.165) is 23.5 Å². The molecule has 1 aromatic carbocycles. The van der Waals surface area contributed by atoms with Gasteiger partial charge >= 0.3 is 0 Å². The third kappa shape index (κ3) is 4.54. The van der Waals surface area contributed by atoms with Crippen molar-refractivity contribution in [3.63, 3.8) is 0 Å². The molecule has 0 bridgehead atoms. The Hall–Kier alpha value is -0.470. The molecular weight excluding hydrogens is 250 g/mol. The summed E-state index contributed by atoms with van der Waals surface area (Å²) in [6.45, 7) is 5.25. The van der Waals surface area contributed by atoms with E-state index in [9.17, 15) is 0 Å². The molecule has 0 amide bonds. The van der Waals surface area contributed by atoms with Crippen molar-refractivity contribution in [1.29, 1.82) is 0 Å². The zero-order valence-electron chi connectivity index (χ0n) is 12.3. The van der Waals surface area contributed by atoms with Crippen molar-refractivity contribution in [2.75, 3.05) is 6.54 Å². The first-order chi connectivity index (χ1) is 9.19. The molecule has 1 aromatic rings. The Kier molecular flexibility index (Phi) is 5.77. The summed E-state index contributed by atoms with van der Waals surface area (Å²) in [6, 6.07) is 6.91. The largest absolute Gasteiger partial charge is 0.330 e. The van der Waals surface area contributed by atoms with Crippen molar-refractivity contribution < 1.29 is 0 Å². The fourth-order valence-electron chi connectivity index (χ4n) is 3.20. The minimum Gasteiger partial charge on any atom is -0.330 e. The van der Waals surface area contributed by atoms with E-state index < -0.39 is 0 Å². The molecule has 1 aliphatic rings.